The molecule has 9 heteroatoms. The second-order valence-electron chi connectivity index (χ2n) is 7.66. The van der Waals surface area contributed by atoms with Crippen molar-refractivity contribution in [3.05, 3.63) is 64.7 Å². The van der Waals surface area contributed by atoms with Gasteiger partial charge in [-0.15, -0.1) is 10.2 Å². The zero-order valence-electron chi connectivity index (χ0n) is 19.3. The van der Waals surface area contributed by atoms with Gasteiger partial charge >= 0.3 is 0 Å². The minimum atomic E-state index is -0.522. The first-order valence-corrected chi connectivity index (χ1v) is 11.5. The van der Waals surface area contributed by atoms with E-state index in [1.54, 1.807) is 31.4 Å². The van der Waals surface area contributed by atoms with Crippen molar-refractivity contribution in [2.75, 3.05) is 25.6 Å². The number of methoxy groups -OCH3 is 1. The Hall–Kier alpha value is -3.90. The van der Waals surface area contributed by atoms with Gasteiger partial charge in [-0.2, -0.15) is 5.26 Å². The minimum absolute atomic E-state index is 0.0258. The fraction of sp³-hybridized carbons (Fsp3) is 0.280. The summed E-state index contributed by atoms with van der Waals surface area (Å²) in [5.74, 6) is 2.08. The molecule has 0 fully saturated rings. The van der Waals surface area contributed by atoms with Crippen molar-refractivity contribution in [2.45, 2.75) is 20.3 Å². The lowest BCUT2D eigenvalue weighted by molar-refractivity contribution is -0.112. The number of rotatable bonds is 11. The van der Waals surface area contributed by atoms with E-state index in [1.165, 1.54) is 17.4 Å². The molecule has 0 aliphatic carbocycles. The van der Waals surface area contributed by atoms with Gasteiger partial charge in [0, 0.05) is 6.42 Å². The number of carbonyl (C=O) groups excluding carboxylic acids is 1. The SMILES string of the molecule is COc1ccc(OCCOc2ccc(/C=C(/C#N)C(=O)Nc3nnc(CC(C)C)s3)cc2)cc1. The zero-order valence-corrected chi connectivity index (χ0v) is 20.1. The molecular formula is C25H26N4O4S. The van der Waals surface area contributed by atoms with Crippen LogP contribution in [0, 0.1) is 17.2 Å². The number of carbonyl (C=O) groups is 1. The highest BCUT2D eigenvalue weighted by atomic mass is 32.1. The van der Waals surface area contributed by atoms with Crippen molar-refractivity contribution >= 4 is 28.5 Å². The molecule has 0 radical (unpaired) electrons. The van der Waals surface area contributed by atoms with Crippen LogP contribution in [0.4, 0.5) is 5.13 Å². The third-order valence-corrected chi connectivity index (χ3v) is 5.37. The summed E-state index contributed by atoms with van der Waals surface area (Å²) in [6.45, 7) is 4.93. The Morgan fingerprint density at radius 2 is 1.62 bits per heavy atom. The minimum Gasteiger partial charge on any atom is -0.497 e. The summed E-state index contributed by atoms with van der Waals surface area (Å²) in [4.78, 5) is 12.5. The number of benzene rings is 2. The molecule has 1 heterocycles. The van der Waals surface area contributed by atoms with E-state index in [1.807, 2.05) is 30.3 Å². The molecule has 1 amide bonds. The summed E-state index contributed by atoms with van der Waals surface area (Å²) >= 11 is 1.31. The molecule has 34 heavy (non-hydrogen) atoms. The summed E-state index contributed by atoms with van der Waals surface area (Å²) in [5, 5.41) is 21.3. The largest absolute Gasteiger partial charge is 0.497 e. The smallest absolute Gasteiger partial charge is 0.268 e. The van der Waals surface area contributed by atoms with E-state index in [9.17, 15) is 10.1 Å². The van der Waals surface area contributed by atoms with Gasteiger partial charge in [0.1, 0.15) is 47.1 Å². The first-order chi connectivity index (χ1) is 16.5. The monoisotopic (exact) mass is 478 g/mol. The van der Waals surface area contributed by atoms with Crippen LogP contribution in [0.1, 0.15) is 24.4 Å². The highest BCUT2D eigenvalue weighted by molar-refractivity contribution is 7.15. The van der Waals surface area contributed by atoms with Gasteiger partial charge in [-0.05, 0) is 54.0 Å². The average molecular weight is 479 g/mol. The number of aromatic nitrogens is 2. The summed E-state index contributed by atoms with van der Waals surface area (Å²) in [5.41, 5.74) is 0.675. The Kier molecular flexibility index (Phi) is 9.00. The molecule has 176 valence electrons. The van der Waals surface area contributed by atoms with Gasteiger partial charge in [0.15, 0.2) is 0 Å². The van der Waals surface area contributed by atoms with Crippen LogP contribution >= 0.6 is 11.3 Å². The van der Waals surface area contributed by atoms with Gasteiger partial charge in [-0.3, -0.25) is 10.1 Å². The Morgan fingerprint density at radius 3 is 2.18 bits per heavy atom. The first kappa shape index (κ1) is 24.7. The molecule has 0 spiro atoms. The fourth-order valence-electron chi connectivity index (χ4n) is 2.87. The molecule has 3 aromatic rings. The number of ether oxygens (including phenoxy) is 3. The van der Waals surface area contributed by atoms with Gasteiger partial charge in [-0.1, -0.05) is 37.3 Å². The second kappa shape index (κ2) is 12.4. The number of hydrogen-bond acceptors (Lipinski definition) is 8. The standard InChI is InChI=1S/C25H26N4O4S/c1-17(2)14-23-28-29-25(34-23)27-24(30)19(16-26)15-18-4-6-21(7-5-18)32-12-13-33-22-10-8-20(31-3)9-11-22/h4-11,15,17H,12-14H2,1-3H3,(H,27,29,30)/b19-15-. The fourth-order valence-corrected chi connectivity index (χ4v) is 3.81. The van der Waals surface area contributed by atoms with E-state index < -0.39 is 5.91 Å². The summed E-state index contributed by atoms with van der Waals surface area (Å²) in [6.07, 6.45) is 2.30. The number of nitrogens with zero attached hydrogens (tertiary/aromatic N) is 3. The van der Waals surface area contributed by atoms with E-state index in [2.05, 4.69) is 29.4 Å². The Balaban J connectivity index is 1.49. The number of hydrogen-bond donors (Lipinski definition) is 1. The van der Waals surface area contributed by atoms with Crippen LogP contribution in [0.25, 0.3) is 6.08 Å². The Bertz CT molecular complexity index is 1150. The number of nitriles is 1. The van der Waals surface area contributed by atoms with Crippen molar-refractivity contribution in [3.8, 4) is 23.3 Å². The van der Waals surface area contributed by atoms with Crippen molar-refractivity contribution in [3.63, 3.8) is 0 Å². The third kappa shape index (κ3) is 7.60. The van der Waals surface area contributed by atoms with Crippen molar-refractivity contribution in [1.82, 2.24) is 10.2 Å². The summed E-state index contributed by atoms with van der Waals surface area (Å²) in [6, 6.07) is 16.4. The maximum absolute atomic E-state index is 12.5. The van der Waals surface area contributed by atoms with E-state index in [0.29, 0.717) is 35.6 Å². The maximum atomic E-state index is 12.5. The zero-order chi connectivity index (χ0) is 24.3. The second-order valence-corrected chi connectivity index (χ2v) is 8.73. The highest BCUT2D eigenvalue weighted by Crippen LogP contribution is 2.20. The van der Waals surface area contributed by atoms with Crippen LogP contribution < -0.4 is 19.5 Å². The third-order valence-electron chi connectivity index (χ3n) is 4.51. The molecule has 8 nitrogen and oxygen atoms in total. The highest BCUT2D eigenvalue weighted by Gasteiger charge is 2.13. The van der Waals surface area contributed by atoms with Crippen molar-refractivity contribution in [1.29, 1.82) is 5.26 Å². The summed E-state index contributed by atoms with van der Waals surface area (Å²) in [7, 11) is 1.62. The van der Waals surface area contributed by atoms with Crippen LogP contribution in [0.3, 0.4) is 0 Å². The van der Waals surface area contributed by atoms with Gasteiger partial charge in [0.2, 0.25) is 5.13 Å². The molecule has 0 bridgehead atoms. The topological polar surface area (TPSA) is 106 Å². The first-order valence-electron chi connectivity index (χ1n) is 10.7. The molecular weight excluding hydrogens is 452 g/mol. The molecule has 0 aliphatic heterocycles. The van der Waals surface area contributed by atoms with Gasteiger partial charge in [0.25, 0.3) is 5.91 Å². The lowest BCUT2D eigenvalue weighted by Gasteiger charge is -2.09. The van der Waals surface area contributed by atoms with Crippen molar-refractivity contribution < 1.29 is 19.0 Å². The van der Waals surface area contributed by atoms with Crippen LogP contribution in [0.5, 0.6) is 17.2 Å². The quantitative estimate of drug-likeness (QED) is 0.241. The number of nitrogens with one attached hydrogen (secondary N) is 1. The Labute approximate surface area is 202 Å². The number of amides is 1. The molecule has 0 unspecified atom stereocenters. The predicted molar refractivity (Wildman–Crippen MR) is 131 cm³/mol. The van der Waals surface area contributed by atoms with Crippen LogP contribution in [0.15, 0.2) is 54.1 Å². The normalized spacial score (nSPS) is 11.1. The van der Waals surface area contributed by atoms with E-state index in [4.69, 9.17) is 14.2 Å². The molecule has 1 N–H and O–H groups in total. The molecule has 0 aliphatic rings. The molecule has 2 aromatic carbocycles. The molecule has 3 rings (SSSR count). The molecule has 0 saturated carbocycles. The lowest BCUT2D eigenvalue weighted by atomic mass is 10.1. The van der Waals surface area contributed by atoms with E-state index in [-0.39, 0.29) is 5.57 Å². The molecule has 0 saturated heterocycles. The van der Waals surface area contributed by atoms with Gasteiger partial charge in [-0.25, -0.2) is 0 Å². The van der Waals surface area contributed by atoms with E-state index in [0.717, 1.165) is 22.9 Å². The van der Waals surface area contributed by atoms with Crippen molar-refractivity contribution in [2.24, 2.45) is 5.92 Å². The molecule has 0 atom stereocenters. The molecule has 1 aromatic heterocycles. The van der Waals surface area contributed by atoms with Crippen LogP contribution in [-0.2, 0) is 11.2 Å². The predicted octanol–water partition coefficient (Wildman–Crippen LogP) is 4.75. The Morgan fingerprint density at radius 1 is 1.03 bits per heavy atom. The summed E-state index contributed by atoms with van der Waals surface area (Å²) < 4.78 is 16.4. The van der Waals surface area contributed by atoms with Gasteiger partial charge < -0.3 is 14.2 Å². The average Bonchev–Trinajstić information content (AvgIpc) is 3.27. The van der Waals surface area contributed by atoms with Crippen LogP contribution in [-0.4, -0.2) is 36.4 Å². The van der Waals surface area contributed by atoms with E-state index >= 15 is 0 Å². The lowest BCUT2D eigenvalue weighted by Crippen LogP contribution is -2.13. The maximum Gasteiger partial charge on any atom is 0.268 e. The van der Waals surface area contributed by atoms with Crippen LogP contribution in [0.2, 0.25) is 0 Å². The van der Waals surface area contributed by atoms with Gasteiger partial charge in [0.05, 0.1) is 7.11 Å². The number of anilines is 1.